The first-order chi connectivity index (χ1) is 9.13. The van der Waals surface area contributed by atoms with Crippen LogP contribution in [0.1, 0.15) is 21.5 Å². The van der Waals surface area contributed by atoms with E-state index < -0.39 is 11.6 Å². The van der Waals surface area contributed by atoms with Crippen LogP contribution >= 0.6 is 11.8 Å². The molecule has 2 aromatic carbocycles. The average molecular weight is 278 g/mol. The normalized spacial score (nSPS) is 10.5. The fraction of sp³-hybridized carbons (Fsp3) is 0.133. The Morgan fingerprint density at radius 2 is 1.89 bits per heavy atom. The number of thioether (sulfide) groups is 1. The third-order valence-corrected chi connectivity index (χ3v) is 4.03. The van der Waals surface area contributed by atoms with Crippen LogP contribution in [0.3, 0.4) is 0 Å². The molecule has 0 fully saturated rings. The summed E-state index contributed by atoms with van der Waals surface area (Å²) in [5.74, 6) is -1.64. The van der Waals surface area contributed by atoms with Crippen molar-refractivity contribution in [3.63, 3.8) is 0 Å². The van der Waals surface area contributed by atoms with Crippen molar-refractivity contribution in [1.29, 1.82) is 0 Å². The molecule has 1 nitrogen and oxygen atoms in total. The highest BCUT2D eigenvalue weighted by Crippen LogP contribution is 2.28. The lowest BCUT2D eigenvalue weighted by molar-refractivity contribution is 0.112. The summed E-state index contributed by atoms with van der Waals surface area (Å²) in [7, 11) is 0. The van der Waals surface area contributed by atoms with Gasteiger partial charge >= 0.3 is 0 Å². The summed E-state index contributed by atoms with van der Waals surface area (Å²) in [5, 5.41) is 0. The molecule has 4 heteroatoms. The van der Waals surface area contributed by atoms with E-state index in [1.54, 1.807) is 0 Å². The van der Waals surface area contributed by atoms with Crippen molar-refractivity contribution in [1.82, 2.24) is 0 Å². The molecule has 0 N–H and O–H groups in total. The zero-order valence-electron chi connectivity index (χ0n) is 10.3. The van der Waals surface area contributed by atoms with Crippen LogP contribution in [0.5, 0.6) is 0 Å². The van der Waals surface area contributed by atoms with Crippen molar-refractivity contribution in [2.45, 2.75) is 17.6 Å². The van der Waals surface area contributed by atoms with Gasteiger partial charge in [0.1, 0.15) is 6.29 Å². The molecule has 98 valence electrons. The maximum Gasteiger partial charge on any atom is 0.163 e. The van der Waals surface area contributed by atoms with Crippen molar-refractivity contribution in [2.75, 3.05) is 0 Å². The zero-order valence-corrected chi connectivity index (χ0v) is 11.1. The highest BCUT2D eigenvalue weighted by Gasteiger charge is 2.13. The fourth-order valence-corrected chi connectivity index (χ4v) is 2.80. The Kier molecular flexibility index (Phi) is 4.32. The molecule has 0 saturated carbocycles. The number of aldehydes is 1. The molecule has 0 bridgehead atoms. The number of halogens is 2. The molecule has 0 unspecified atom stereocenters. The second-order valence-corrected chi connectivity index (χ2v) is 5.12. The molecule has 0 heterocycles. The van der Waals surface area contributed by atoms with E-state index in [4.69, 9.17) is 0 Å². The quantitative estimate of drug-likeness (QED) is 0.610. The molecule has 0 amide bonds. The number of hydrogen-bond donors (Lipinski definition) is 0. The molecule has 2 aromatic rings. The van der Waals surface area contributed by atoms with E-state index in [1.807, 2.05) is 31.2 Å². The first-order valence-corrected chi connectivity index (χ1v) is 6.72. The van der Waals surface area contributed by atoms with Gasteiger partial charge < -0.3 is 0 Å². The van der Waals surface area contributed by atoms with Gasteiger partial charge in [0.15, 0.2) is 11.6 Å². The summed E-state index contributed by atoms with van der Waals surface area (Å²) in [4.78, 5) is 11.9. The van der Waals surface area contributed by atoms with Gasteiger partial charge in [0, 0.05) is 21.8 Å². The summed E-state index contributed by atoms with van der Waals surface area (Å²) in [5.41, 5.74) is 1.38. The lowest BCUT2D eigenvalue weighted by Gasteiger charge is -2.08. The largest absolute Gasteiger partial charge is 0.298 e. The Bertz CT molecular complexity index is 611. The number of aryl methyl sites for hydroxylation is 1. The van der Waals surface area contributed by atoms with Gasteiger partial charge in [0.2, 0.25) is 0 Å². The van der Waals surface area contributed by atoms with Crippen LogP contribution in [-0.4, -0.2) is 6.29 Å². The van der Waals surface area contributed by atoms with Gasteiger partial charge in [-0.25, -0.2) is 8.78 Å². The van der Waals surface area contributed by atoms with Crippen LogP contribution in [0.4, 0.5) is 8.78 Å². The number of benzene rings is 2. The Morgan fingerprint density at radius 3 is 2.58 bits per heavy atom. The molecule has 0 saturated heterocycles. The number of rotatable bonds is 4. The van der Waals surface area contributed by atoms with Crippen LogP contribution in [0.25, 0.3) is 0 Å². The smallest absolute Gasteiger partial charge is 0.163 e. The second-order valence-electron chi connectivity index (χ2n) is 4.10. The van der Waals surface area contributed by atoms with E-state index in [-0.39, 0.29) is 16.9 Å². The van der Waals surface area contributed by atoms with Crippen LogP contribution in [0.15, 0.2) is 41.3 Å². The number of hydrogen-bond acceptors (Lipinski definition) is 2. The topological polar surface area (TPSA) is 17.1 Å². The van der Waals surface area contributed by atoms with Crippen LogP contribution in [0, 0.1) is 18.6 Å². The molecule has 0 aromatic heterocycles. The summed E-state index contributed by atoms with van der Waals surface area (Å²) >= 11 is 1.39. The third kappa shape index (κ3) is 3.01. The van der Waals surface area contributed by atoms with E-state index >= 15 is 0 Å². The van der Waals surface area contributed by atoms with E-state index in [2.05, 4.69) is 0 Å². The Balaban J connectivity index is 2.27. The lowest BCUT2D eigenvalue weighted by Crippen LogP contribution is -1.99. The van der Waals surface area contributed by atoms with Gasteiger partial charge in [-0.15, -0.1) is 11.8 Å². The number of carbonyl (C=O) groups excluding carboxylic acids is 1. The van der Waals surface area contributed by atoms with Crippen molar-refractivity contribution in [3.05, 3.63) is 64.7 Å². The SMILES string of the molecule is Cc1ccccc1SCc1c(C=O)ccc(F)c1F. The molecular formula is C15H12F2OS. The van der Waals surface area contributed by atoms with E-state index in [0.29, 0.717) is 6.29 Å². The van der Waals surface area contributed by atoms with Gasteiger partial charge in [-0.2, -0.15) is 0 Å². The van der Waals surface area contributed by atoms with E-state index in [1.165, 1.54) is 17.8 Å². The molecular weight excluding hydrogens is 266 g/mol. The fourth-order valence-electron chi connectivity index (χ4n) is 1.73. The molecule has 0 aliphatic carbocycles. The minimum atomic E-state index is -0.939. The van der Waals surface area contributed by atoms with Crippen LogP contribution < -0.4 is 0 Å². The van der Waals surface area contributed by atoms with E-state index in [9.17, 15) is 13.6 Å². The summed E-state index contributed by atoms with van der Waals surface area (Å²) in [6, 6.07) is 9.94. The average Bonchev–Trinajstić information content (AvgIpc) is 2.42. The summed E-state index contributed by atoms with van der Waals surface area (Å²) < 4.78 is 26.9. The molecule has 0 atom stereocenters. The minimum Gasteiger partial charge on any atom is -0.298 e. The van der Waals surface area contributed by atoms with Crippen molar-refractivity contribution in [2.24, 2.45) is 0 Å². The van der Waals surface area contributed by atoms with Crippen molar-refractivity contribution >= 4 is 18.0 Å². The Morgan fingerprint density at radius 1 is 1.16 bits per heavy atom. The molecule has 0 radical (unpaired) electrons. The lowest BCUT2D eigenvalue weighted by atomic mass is 10.1. The Labute approximate surface area is 114 Å². The predicted octanol–water partition coefficient (Wildman–Crippen LogP) is 4.38. The third-order valence-electron chi connectivity index (χ3n) is 2.82. The maximum atomic E-state index is 13.7. The molecule has 19 heavy (non-hydrogen) atoms. The molecule has 2 rings (SSSR count). The van der Waals surface area contributed by atoms with Gasteiger partial charge in [-0.05, 0) is 30.7 Å². The zero-order chi connectivity index (χ0) is 13.8. The number of carbonyl (C=O) groups is 1. The van der Waals surface area contributed by atoms with Crippen molar-refractivity contribution in [3.8, 4) is 0 Å². The van der Waals surface area contributed by atoms with Crippen LogP contribution in [-0.2, 0) is 5.75 Å². The standard InChI is InChI=1S/C15H12F2OS/c1-10-4-2-3-5-14(10)19-9-12-11(8-18)6-7-13(16)15(12)17/h2-8H,9H2,1H3. The first-order valence-electron chi connectivity index (χ1n) is 5.74. The van der Waals surface area contributed by atoms with Crippen LogP contribution in [0.2, 0.25) is 0 Å². The summed E-state index contributed by atoms with van der Waals surface area (Å²) in [6.07, 6.45) is 0.552. The maximum absolute atomic E-state index is 13.7. The minimum absolute atomic E-state index is 0.114. The van der Waals surface area contributed by atoms with E-state index in [0.717, 1.165) is 16.5 Å². The molecule has 0 aliphatic rings. The highest BCUT2D eigenvalue weighted by atomic mass is 32.2. The highest BCUT2D eigenvalue weighted by molar-refractivity contribution is 7.98. The van der Waals surface area contributed by atoms with Crippen molar-refractivity contribution < 1.29 is 13.6 Å². The van der Waals surface area contributed by atoms with Gasteiger partial charge in [0.05, 0.1) is 0 Å². The monoisotopic (exact) mass is 278 g/mol. The summed E-state index contributed by atoms with van der Waals surface area (Å²) in [6.45, 7) is 1.95. The van der Waals surface area contributed by atoms with Gasteiger partial charge in [-0.3, -0.25) is 4.79 Å². The predicted molar refractivity (Wildman–Crippen MR) is 72.5 cm³/mol. The second kappa shape index (κ2) is 5.97. The molecule has 0 aliphatic heterocycles. The Hall–Kier alpha value is -1.68. The molecule has 0 spiro atoms. The first kappa shape index (κ1) is 13.7. The van der Waals surface area contributed by atoms with Gasteiger partial charge in [0.25, 0.3) is 0 Å². The van der Waals surface area contributed by atoms with Gasteiger partial charge in [-0.1, -0.05) is 18.2 Å².